The van der Waals surface area contributed by atoms with E-state index in [0.29, 0.717) is 13.1 Å². The molecule has 1 aromatic heterocycles. The van der Waals surface area contributed by atoms with Crippen LogP contribution in [0.4, 0.5) is 0 Å². The van der Waals surface area contributed by atoms with Gasteiger partial charge in [-0.1, -0.05) is 0 Å². The quantitative estimate of drug-likeness (QED) is 0.840. The Bertz CT molecular complexity index is 425. The summed E-state index contributed by atoms with van der Waals surface area (Å²) in [5, 5.41) is 13.1. The molecule has 0 aliphatic carbocycles. The number of rotatable bonds is 6. The van der Waals surface area contributed by atoms with E-state index in [9.17, 15) is 4.79 Å². The number of likely N-dealkylation sites (N-methyl/N-ethyl adjacent to an activating group) is 1. The number of carbonyl (C=O) groups excluding carboxylic acids is 1. The highest BCUT2D eigenvalue weighted by atomic mass is 32.1. The van der Waals surface area contributed by atoms with Gasteiger partial charge < -0.3 is 10.0 Å². The van der Waals surface area contributed by atoms with Crippen molar-refractivity contribution in [3.8, 4) is 0 Å². The van der Waals surface area contributed by atoms with Crippen LogP contribution in [0.25, 0.3) is 0 Å². The fourth-order valence-corrected chi connectivity index (χ4v) is 3.26. The lowest BCUT2D eigenvalue weighted by Gasteiger charge is -2.24. The predicted octanol–water partition coefficient (Wildman–Crippen LogP) is 0.707. The molecule has 21 heavy (non-hydrogen) atoms. The smallest absolute Gasteiger partial charge is 0.236 e. The maximum atomic E-state index is 12.3. The second kappa shape index (κ2) is 8.48. The van der Waals surface area contributed by atoms with Crippen molar-refractivity contribution in [3.05, 3.63) is 22.4 Å². The molecule has 0 aromatic carbocycles. The molecule has 0 unspecified atom stereocenters. The van der Waals surface area contributed by atoms with Crippen LogP contribution >= 0.6 is 11.3 Å². The molecule has 1 amide bonds. The minimum Gasteiger partial charge on any atom is -0.395 e. The van der Waals surface area contributed by atoms with E-state index in [1.54, 1.807) is 16.2 Å². The number of hydrogen-bond donors (Lipinski definition) is 1. The van der Waals surface area contributed by atoms with Gasteiger partial charge in [0.15, 0.2) is 0 Å². The van der Waals surface area contributed by atoms with Gasteiger partial charge in [0.05, 0.1) is 13.2 Å². The van der Waals surface area contributed by atoms with Gasteiger partial charge in [0.25, 0.3) is 0 Å². The van der Waals surface area contributed by atoms with Gasteiger partial charge in [-0.05, 0) is 41.9 Å². The molecular weight excluding hydrogens is 286 g/mol. The van der Waals surface area contributed by atoms with Crippen LogP contribution in [0.1, 0.15) is 12.0 Å². The molecule has 2 rings (SSSR count). The van der Waals surface area contributed by atoms with Crippen molar-refractivity contribution in [2.45, 2.75) is 13.0 Å². The van der Waals surface area contributed by atoms with Crippen LogP contribution in [0, 0.1) is 0 Å². The van der Waals surface area contributed by atoms with Crippen molar-refractivity contribution in [2.75, 3.05) is 52.9 Å². The molecule has 1 N–H and O–H groups in total. The third-order valence-corrected chi connectivity index (χ3v) is 4.61. The SMILES string of the molecule is CN(Cc1ccsc1)C(=O)CN1CCCN(CCO)CC1. The molecule has 1 aliphatic heterocycles. The number of aliphatic hydroxyl groups is 1. The van der Waals surface area contributed by atoms with Crippen LogP contribution in [0.2, 0.25) is 0 Å². The van der Waals surface area contributed by atoms with Crippen molar-refractivity contribution in [2.24, 2.45) is 0 Å². The van der Waals surface area contributed by atoms with Crippen LogP contribution in [0.5, 0.6) is 0 Å². The molecule has 0 bridgehead atoms. The Labute approximate surface area is 130 Å². The van der Waals surface area contributed by atoms with Crippen molar-refractivity contribution >= 4 is 17.2 Å². The summed E-state index contributed by atoms with van der Waals surface area (Å²) in [5.74, 6) is 0.178. The van der Waals surface area contributed by atoms with Gasteiger partial charge in [0.1, 0.15) is 0 Å². The summed E-state index contributed by atoms with van der Waals surface area (Å²) in [6.07, 6.45) is 1.06. The summed E-state index contributed by atoms with van der Waals surface area (Å²) < 4.78 is 0. The molecule has 1 aliphatic rings. The lowest BCUT2D eigenvalue weighted by molar-refractivity contribution is -0.131. The Morgan fingerprint density at radius 3 is 2.81 bits per heavy atom. The minimum atomic E-state index is 0.178. The molecule has 118 valence electrons. The fourth-order valence-electron chi connectivity index (χ4n) is 2.60. The van der Waals surface area contributed by atoms with Crippen LogP contribution in [0.3, 0.4) is 0 Å². The number of β-amino-alcohol motifs (C(OH)–C–C–N with tert-alkyl or cyclic N) is 1. The zero-order chi connectivity index (χ0) is 15.1. The molecule has 0 atom stereocenters. The highest BCUT2D eigenvalue weighted by molar-refractivity contribution is 7.07. The van der Waals surface area contributed by atoms with Gasteiger partial charge >= 0.3 is 0 Å². The highest BCUT2D eigenvalue weighted by Gasteiger charge is 2.18. The van der Waals surface area contributed by atoms with Crippen molar-refractivity contribution < 1.29 is 9.90 Å². The number of carbonyl (C=O) groups is 1. The fraction of sp³-hybridized carbons (Fsp3) is 0.667. The van der Waals surface area contributed by atoms with Crippen LogP contribution in [0.15, 0.2) is 16.8 Å². The molecule has 2 heterocycles. The van der Waals surface area contributed by atoms with E-state index in [1.807, 2.05) is 12.4 Å². The molecular formula is C15H25N3O2S. The second-order valence-corrected chi connectivity index (χ2v) is 6.36. The molecule has 0 spiro atoms. The average molecular weight is 311 g/mol. The molecule has 1 aromatic rings. The standard InChI is InChI=1S/C15H25N3O2S/c1-16(11-14-3-10-21-13-14)15(20)12-18-5-2-4-17(6-7-18)8-9-19/h3,10,13,19H,2,4-9,11-12H2,1H3. The number of aliphatic hydroxyl groups excluding tert-OH is 1. The Morgan fingerprint density at radius 1 is 1.33 bits per heavy atom. The predicted molar refractivity (Wildman–Crippen MR) is 85.4 cm³/mol. The molecule has 5 nitrogen and oxygen atoms in total. The molecule has 1 fully saturated rings. The Balaban J connectivity index is 1.76. The first-order chi connectivity index (χ1) is 10.2. The third kappa shape index (κ3) is 5.39. The molecule has 0 saturated carbocycles. The van der Waals surface area contributed by atoms with Gasteiger partial charge in [0, 0.05) is 33.2 Å². The number of hydrogen-bond acceptors (Lipinski definition) is 5. The maximum Gasteiger partial charge on any atom is 0.236 e. The van der Waals surface area contributed by atoms with Crippen molar-refractivity contribution in [3.63, 3.8) is 0 Å². The van der Waals surface area contributed by atoms with E-state index < -0.39 is 0 Å². The summed E-state index contributed by atoms with van der Waals surface area (Å²) in [6, 6.07) is 2.06. The zero-order valence-electron chi connectivity index (χ0n) is 12.7. The summed E-state index contributed by atoms with van der Waals surface area (Å²) in [7, 11) is 1.87. The van der Waals surface area contributed by atoms with E-state index in [2.05, 4.69) is 21.2 Å². The second-order valence-electron chi connectivity index (χ2n) is 5.58. The minimum absolute atomic E-state index is 0.178. The monoisotopic (exact) mass is 311 g/mol. The lowest BCUT2D eigenvalue weighted by atomic mass is 10.3. The number of amides is 1. The van der Waals surface area contributed by atoms with Crippen molar-refractivity contribution in [1.29, 1.82) is 0 Å². The van der Waals surface area contributed by atoms with Gasteiger partial charge in [0.2, 0.25) is 5.91 Å². The van der Waals surface area contributed by atoms with Crippen LogP contribution in [-0.2, 0) is 11.3 Å². The Hall–Kier alpha value is -0.950. The van der Waals surface area contributed by atoms with Gasteiger partial charge in [-0.25, -0.2) is 0 Å². The average Bonchev–Trinajstić information content (AvgIpc) is 2.87. The summed E-state index contributed by atoms with van der Waals surface area (Å²) >= 11 is 1.66. The molecule has 6 heteroatoms. The largest absolute Gasteiger partial charge is 0.395 e. The van der Waals surface area contributed by atoms with Crippen LogP contribution in [-0.4, -0.2) is 78.6 Å². The lowest BCUT2D eigenvalue weighted by Crippen LogP contribution is -2.40. The first kappa shape index (κ1) is 16.4. The van der Waals surface area contributed by atoms with Gasteiger partial charge in [-0.2, -0.15) is 11.3 Å². The van der Waals surface area contributed by atoms with Gasteiger partial charge in [-0.3, -0.25) is 14.6 Å². The Morgan fingerprint density at radius 2 is 2.10 bits per heavy atom. The van der Waals surface area contributed by atoms with Crippen molar-refractivity contribution in [1.82, 2.24) is 14.7 Å². The first-order valence-corrected chi connectivity index (χ1v) is 8.44. The van der Waals surface area contributed by atoms with Gasteiger partial charge in [-0.15, -0.1) is 0 Å². The van der Waals surface area contributed by atoms with Crippen LogP contribution < -0.4 is 0 Å². The van der Waals surface area contributed by atoms with E-state index in [1.165, 1.54) is 5.56 Å². The van der Waals surface area contributed by atoms with E-state index in [-0.39, 0.29) is 12.5 Å². The number of nitrogens with zero attached hydrogens (tertiary/aromatic N) is 3. The summed E-state index contributed by atoms with van der Waals surface area (Å²) in [4.78, 5) is 18.6. The summed E-state index contributed by atoms with van der Waals surface area (Å²) in [6.45, 7) is 5.93. The normalized spacial score (nSPS) is 17.6. The van der Waals surface area contributed by atoms with E-state index in [4.69, 9.17) is 5.11 Å². The maximum absolute atomic E-state index is 12.3. The first-order valence-electron chi connectivity index (χ1n) is 7.49. The molecule has 0 radical (unpaired) electrons. The highest BCUT2D eigenvalue weighted by Crippen LogP contribution is 2.09. The summed E-state index contributed by atoms with van der Waals surface area (Å²) in [5.41, 5.74) is 1.20. The third-order valence-electron chi connectivity index (χ3n) is 3.88. The molecule has 1 saturated heterocycles. The number of thiophene rings is 1. The van der Waals surface area contributed by atoms with E-state index in [0.717, 1.165) is 39.1 Å². The topological polar surface area (TPSA) is 47.0 Å². The van der Waals surface area contributed by atoms with E-state index >= 15 is 0 Å². The zero-order valence-corrected chi connectivity index (χ0v) is 13.5. The Kier molecular flexibility index (Phi) is 6.63.